The van der Waals surface area contributed by atoms with Crippen molar-refractivity contribution in [2.75, 3.05) is 0 Å². The normalized spacial score (nSPS) is 3.81. The van der Waals surface area contributed by atoms with Crippen molar-refractivity contribution >= 4 is 0 Å². The summed E-state index contributed by atoms with van der Waals surface area (Å²) in [5.74, 6) is 2.25. The van der Waals surface area contributed by atoms with Gasteiger partial charge < -0.3 is 0 Å². The van der Waals surface area contributed by atoms with Gasteiger partial charge in [-0.05, 0) is 6.92 Å². The molecule has 0 aromatic rings. The van der Waals surface area contributed by atoms with Crippen molar-refractivity contribution in [3.63, 3.8) is 0 Å². The number of unbranched alkanes of at least 4 members (excludes halogenated alkanes) is 1. The van der Waals surface area contributed by atoms with Crippen LogP contribution in [0.1, 0.15) is 131 Å². The summed E-state index contributed by atoms with van der Waals surface area (Å²) in [6, 6.07) is 0. The molecule has 0 N–H and O–H groups in total. The minimum absolute atomic E-state index is 1.32. The van der Waals surface area contributed by atoms with Crippen molar-refractivity contribution in [2.24, 2.45) is 0 Å². The minimum Gasteiger partial charge on any atom is -0.120 e. The maximum absolute atomic E-state index is 4.60. The van der Waals surface area contributed by atoms with Crippen LogP contribution >= 0.6 is 0 Å². The van der Waals surface area contributed by atoms with Crippen LogP contribution in [0.5, 0.6) is 0 Å². The average Bonchev–Trinajstić information content (AvgIpc) is 2.67. The molecule has 0 fully saturated rings. The molecule has 0 heterocycles. The first kappa shape index (κ1) is 58.9. The molecule has 0 aliphatic heterocycles. The van der Waals surface area contributed by atoms with E-state index in [1.54, 1.807) is 6.92 Å². The molecule has 21 heavy (non-hydrogen) atoms. The third-order valence-corrected chi connectivity index (χ3v) is 0.500. The van der Waals surface area contributed by atoms with Crippen LogP contribution in [0, 0.1) is 12.3 Å². The Kier molecular flexibility index (Phi) is 2880. The van der Waals surface area contributed by atoms with Crippen LogP contribution in [0.25, 0.3) is 0 Å². The van der Waals surface area contributed by atoms with Crippen molar-refractivity contribution in [1.29, 1.82) is 0 Å². The van der Waals surface area contributed by atoms with E-state index < -0.39 is 0 Å². The maximum Gasteiger partial charge on any atom is -0.00297 e. The second-order valence-electron chi connectivity index (χ2n) is 1.29. The molecular formula is C21H56. The lowest BCUT2D eigenvalue weighted by molar-refractivity contribution is 0.886. The van der Waals surface area contributed by atoms with Crippen LogP contribution in [0.2, 0.25) is 0 Å². The summed E-state index contributed by atoms with van der Waals surface area (Å²) in [4.78, 5) is 0. The largest absolute Gasteiger partial charge is 0.120 e. The van der Waals surface area contributed by atoms with Gasteiger partial charge >= 0.3 is 0 Å². The topological polar surface area (TPSA) is 0 Å². The molecule has 0 nitrogen and oxygen atoms in total. The molecule has 0 atom stereocenters. The Labute approximate surface area is 143 Å². The summed E-state index contributed by atoms with van der Waals surface area (Å²) >= 11 is 0. The van der Waals surface area contributed by atoms with Crippen LogP contribution in [0.15, 0.2) is 0 Å². The summed E-state index contributed by atoms with van der Waals surface area (Å²) in [7, 11) is 0. The molecule has 0 saturated heterocycles. The molecule has 0 aromatic heterocycles. The van der Waals surface area contributed by atoms with Crippen molar-refractivity contribution < 1.29 is 0 Å². The third kappa shape index (κ3) is 19200. The second kappa shape index (κ2) is 1030. The van der Waals surface area contributed by atoms with Gasteiger partial charge in [-0.2, -0.15) is 0 Å². The maximum atomic E-state index is 4.60. The fraction of sp³-hybridized carbons (Fsp3) is 0.905. The van der Waals surface area contributed by atoms with Gasteiger partial charge in [0.15, 0.2) is 0 Å². The lowest BCUT2D eigenvalue weighted by Gasteiger charge is -1.68. The molecule has 0 heteroatoms. The molecule has 0 amide bonds. The second-order valence-corrected chi connectivity index (χ2v) is 1.29. The van der Waals surface area contributed by atoms with Crippen LogP contribution in [-0.2, 0) is 0 Å². The van der Waals surface area contributed by atoms with E-state index in [0.29, 0.717) is 0 Å². The Morgan fingerprint density at radius 3 is 0.524 bits per heavy atom. The van der Waals surface area contributed by atoms with Gasteiger partial charge in [-0.1, -0.05) is 124 Å². The summed E-state index contributed by atoms with van der Waals surface area (Å²) in [6.07, 6.45) is 7.24. The van der Waals surface area contributed by atoms with Crippen LogP contribution in [0.4, 0.5) is 0 Å². The van der Waals surface area contributed by atoms with Crippen LogP contribution in [-0.4, -0.2) is 0 Å². The van der Waals surface area contributed by atoms with Gasteiger partial charge in [0.25, 0.3) is 0 Å². The molecular weight excluding hydrogens is 252 g/mol. The van der Waals surface area contributed by atoms with E-state index in [9.17, 15) is 0 Å². The number of rotatable bonds is 1. The molecule has 0 bridgehead atoms. The van der Waals surface area contributed by atoms with Crippen molar-refractivity contribution in [2.45, 2.75) is 131 Å². The minimum atomic E-state index is 1.32. The Balaban J connectivity index is -0.0000000112. The van der Waals surface area contributed by atoms with Gasteiger partial charge in [-0.25, -0.2) is 0 Å². The zero-order valence-electron chi connectivity index (χ0n) is 19.5. The van der Waals surface area contributed by atoms with E-state index in [0.717, 1.165) is 0 Å². The fourth-order valence-electron chi connectivity index (χ4n) is 0. The van der Waals surface area contributed by atoms with Gasteiger partial charge in [0.05, 0.1) is 0 Å². The standard InChI is InChI=1S/C4H10.C3H4.7C2H6/c1-3-4-2;1-3-2;7*1-2/h3-4H2,1-2H3;1H,2H3;7*1-2H3. The van der Waals surface area contributed by atoms with E-state index in [1.165, 1.54) is 12.8 Å². The molecule has 0 unspecified atom stereocenters. The van der Waals surface area contributed by atoms with E-state index in [4.69, 9.17) is 0 Å². The zero-order valence-corrected chi connectivity index (χ0v) is 19.5. The van der Waals surface area contributed by atoms with E-state index >= 15 is 0 Å². The molecule has 0 aliphatic carbocycles. The van der Waals surface area contributed by atoms with Gasteiger partial charge in [-0.3, -0.25) is 0 Å². The first-order valence-electron chi connectivity index (χ1n) is 9.70. The Morgan fingerprint density at radius 2 is 0.524 bits per heavy atom. The predicted molar refractivity (Wildman–Crippen MR) is 115 cm³/mol. The summed E-state index contributed by atoms with van der Waals surface area (Å²) in [5, 5.41) is 0. The highest BCUT2D eigenvalue weighted by atomic mass is 13.6. The van der Waals surface area contributed by atoms with Gasteiger partial charge in [-0.15, -0.1) is 12.3 Å². The van der Waals surface area contributed by atoms with E-state index in [-0.39, 0.29) is 0 Å². The molecule has 140 valence electrons. The Morgan fingerprint density at radius 1 is 0.476 bits per heavy atom. The highest BCUT2D eigenvalue weighted by Crippen LogP contribution is 1.76. The summed E-state index contributed by atoms with van der Waals surface area (Å²) < 4.78 is 0. The Hall–Kier alpha value is -0.440. The molecule has 0 aliphatic rings. The first-order valence-corrected chi connectivity index (χ1v) is 9.70. The highest BCUT2D eigenvalue weighted by molar-refractivity contribution is 4.73. The molecule has 0 radical (unpaired) electrons. The fourth-order valence-corrected chi connectivity index (χ4v) is 0. The number of terminal acetylenes is 1. The SMILES string of the molecule is C#CC.CC.CC.CC.CC.CC.CC.CC.CCCC. The van der Waals surface area contributed by atoms with Gasteiger partial charge in [0.1, 0.15) is 0 Å². The molecule has 0 saturated carbocycles. The monoisotopic (exact) mass is 308 g/mol. The molecule has 0 aromatic carbocycles. The van der Waals surface area contributed by atoms with Crippen LogP contribution < -0.4 is 0 Å². The first-order chi connectivity index (χ1) is 10.3. The average molecular weight is 309 g/mol. The smallest absolute Gasteiger partial charge is 0.00297 e. The quantitative estimate of drug-likeness (QED) is 0.423. The Bertz CT molecular complexity index is 36.5. The lowest BCUT2D eigenvalue weighted by Crippen LogP contribution is -1.47. The number of hydrogen-bond acceptors (Lipinski definition) is 0. The lowest BCUT2D eigenvalue weighted by atomic mass is 10.4. The van der Waals surface area contributed by atoms with E-state index in [1.807, 2.05) is 96.9 Å². The molecule has 0 spiro atoms. The van der Waals surface area contributed by atoms with Gasteiger partial charge in [0.2, 0.25) is 0 Å². The third-order valence-electron chi connectivity index (χ3n) is 0.500. The number of hydrogen-bond donors (Lipinski definition) is 0. The zero-order chi connectivity index (χ0) is 20.1. The van der Waals surface area contributed by atoms with Crippen molar-refractivity contribution in [3.8, 4) is 12.3 Å². The van der Waals surface area contributed by atoms with E-state index in [2.05, 4.69) is 26.2 Å². The van der Waals surface area contributed by atoms with Crippen molar-refractivity contribution in [3.05, 3.63) is 0 Å². The highest BCUT2D eigenvalue weighted by Gasteiger charge is 1.56. The summed E-state index contributed by atoms with van der Waals surface area (Å²) in [6.45, 7) is 34.0. The molecule has 0 rings (SSSR count). The predicted octanol–water partition coefficient (Wildman–Crippen LogP) is 9.63. The summed E-state index contributed by atoms with van der Waals surface area (Å²) in [5.41, 5.74) is 0. The van der Waals surface area contributed by atoms with Crippen molar-refractivity contribution in [1.82, 2.24) is 0 Å². The van der Waals surface area contributed by atoms with Gasteiger partial charge in [0, 0.05) is 0 Å². The van der Waals surface area contributed by atoms with Crippen LogP contribution in [0.3, 0.4) is 0 Å².